The van der Waals surface area contributed by atoms with Crippen LogP contribution in [0.5, 0.6) is 0 Å². The van der Waals surface area contributed by atoms with Gasteiger partial charge in [0.15, 0.2) is 5.82 Å². The average Bonchev–Trinajstić information content (AvgIpc) is 2.87. The van der Waals surface area contributed by atoms with E-state index in [0.717, 1.165) is 0 Å². The Labute approximate surface area is 116 Å². The molecule has 0 spiro atoms. The highest BCUT2D eigenvalue weighted by molar-refractivity contribution is 5.97. The van der Waals surface area contributed by atoms with Crippen LogP contribution in [0, 0.1) is 6.92 Å². The Bertz CT molecular complexity index is 593. The second kappa shape index (κ2) is 6.27. The molecule has 0 saturated heterocycles. The molecule has 0 radical (unpaired) electrons. The summed E-state index contributed by atoms with van der Waals surface area (Å²) in [5, 5.41) is 6.49. The van der Waals surface area contributed by atoms with Crippen LogP contribution in [0.3, 0.4) is 0 Å². The molecular formula is C13H16N4O3. The standard InChI is InChI=1S/C13H16N4O3/c1-8-15-13(20-17-8)9-5-3-4-6-10(9)16-12(18)11(7-14)19-2/h3-6,11H,7,14H2,1-2H3,(H,16,18). The maximum Gasteiger partial charge on any atom is 0.260 e. The number of anilines is 1. The van der Waals surface area contributed by atoms with Crippen molar-refractivity contribution in [3.05, 3.63) is 30.1 Å². The fraction of sp³-hybridized carbons (Fsp3) is 0.308. The lowest BCUT2D eigenvalue weighted by Gasteiger charge is -2.14. The summed E-state index contributed by atoms with van der Waals surface area (Å²) in [7, 11) is 1.43. The van der Waals surface area contributed by atoms with Gasteiger partial charge < -0.3 is 20.3 Å². The summed E-state index contributed by atoms with van der Waals surface area (Å²) in [6.07, 6.45) is -0.701. The summed E-state index contributed by atoms with van der Waals surface area (Å²) in [5.74, 6) is 0.552. The highest BCUT2D eigenvalue weighted by Gasteiger charge is 2.18. The van der Waals surface area contributed by atoms with E-state index in [1.165, 1.54) is 7.11 Å². The zero-order valence-corrected chi connectivity index (χ0v) is 11.3. The molecule has 0 aliphatic rings. The number of ether oxygens (including phenoxy) is 1. The second-order valence-electron chi connectivity index (χ2n) is 4.14. The summed E-state index contributed by atoms with van der Waals surface area (Å²) in [6, 6.07) is 7.15. The van der Waals surface area contributed by atoms with Crippen molar-refractivity contribution in [1.29, 1.82) is 0 Å². The van der Waals surface area contributed by atoms with Crippen molar-refractivity contribution in [2.24, 2.45) is 5.73 Å². The molecule has 1 atom stereocenters. The number of benzene rings is 1. The Morgan fingerprint density at radius 2 is 2.25 bits per heavy atom. The van der Waals surface area contributed by atoms with Gasteiger partial charge in [-0.05, 0) is 19.1 Å². The lowest BCUT2D eigenvalue weighted by Crippen LogP contribution is -2.36. The van der Waals surface area contributed by atoms with E-state index in [1.54, 1.807) is 25.1 Å². The minimum absolute atomic E-state index is 0.101. The maximum atomic E-state index is 12.0. The largest absolute Gasteiger partial charge is 0.370 e. The Morgan fingerprint density at radius 1 is 1.50 bits per heavy atom. The van der Waals surface area contributed by atoms with E-state index >= 15 is 0 Å². The fourth-order valence-electron chi connectivity index (χ4n) is 1.71. The Kier molecular flexibility index (Phi) is 4.44. The summed E-state index contributed by atoms with van der Waals surface area (Å²) < 4.78 is 10.1. The van der Waals surface area contributed by atoms with Crippen LogP contribution in [0.2, 0.25) is 0 Å². The van der Waals surface area contributed by atoms with E-state index in [-0.39, 0.29) is 12.5 Å². The molecular weight excluding hydrogens is 260 g/mol. The molecule has 20 heavy (non-hydrogen) atoms. The van der Waals surface area contributed by atoms with E-state index in [2.05, 4.69) is 15.5 Å². The number of nitrogens with zero attached hydrogens (tertiary/aromatic N) is 2. The SMILES string of the molecule is COC(CN)C(=O)Nc1ccccc1-c1nc(C)no1. The van der Waals surface area contributed by atoms with Crippen LogP contribution in [0.25, 0.3) is 11.5 Å². The zero-order valence-electron chi connectivity index (χ0n) is 11.3. The summed E-state index contributed by atoms with van der Waals surface area (Å²) in [6.45, 7) is 1.83. The van der Waals surface area contributed by atoms with Gasteiger partial charge in [0.05, 0.1) is 11.3 Å². The topological polar surface area (TPSA) is 103 Å². The maximum absolute atomic E-state index is 12.0. The molecule has 0 aliphatic carbocycles. The number of nitrogens with one attached hydrogen (secondary N) is 1. The van der Waals surface area contributed by atoms with Gasteiger partial charge in [0.25, 0.3) is 11.8 Å². The van der Waals surface area contributed by atoms with Crippen molar-refractivity contribution in [3.8, 4) is 11.5 Å². The first-order valence-corrected chi connectivity index (χ1v) is 6.09. The van der Waals surface area contributed by atoms with Crippen LogP contribution in [0.15, 0.2) is 28.8 Å². The van der Waals surface area contributed by atoms with Gasteiger partial charge >= 0.3 is 0 Å². The minimum atomic E-state index is -0.701. The van der Waals surface area contributed by atoms with Crippen molar-refractivity contribution in [2.75, 3.05) is 19.0 Å². The van der Waals surface area contributed by atoms with Gasteiger partial charge in [-0.15, -0.1) is 0 Å². The van der Waals surface area contributed by atoms with Gasteiger partial charge in [-0.2, -0.15) is 4.98 Å². The number of carbonyl (C=O) groups is 1. The van der Waals surface area contributed by atoms with Crippen LogP contribution in [-0.2, 0) is 9.53 Å². The van der Waals surface area contributed by atoms with Gasteiger partial charge in [0, 0.05) is 13.7 Å². The number of hydrogen-bond acceptors (Lipinski definition) is 6. The third kappa shape index (κ3) is 3.01. The molecule has 1 unspecified atom stereocenters. The second-order valence-corrected chi connectivity index (χ2v) is 4.14. The zero-order chi connectivity index (χ0) is 14.5. The molecule has 106 valence electrons. The molecule has 3 N–H and O–H groups in total. The average molecular weight is 276 g/mol. The number of amides is 1. The van der Waals surface area contributed by atoms with Crippen LogP contribution >= 0.6 is 0 Å². The Hall–Kier alpha value is -2.25. The lowest BCUT2D eigenvalue weighted by atomic mass is 10.1. The summed E-state index contributed by atoms with van der Waals surface area (Å²) in [5.41, 5.74) is 6.68. The summed E-state index contributed by atoms with van der Waals surface area (Å²) >= 11 is 0. The van der Waals surface area contributed by atoms with Crippen LogP contribution in [0.4, 0.5) is 5.69 Å². The highest BCUT2D eigenvalue weighted by Crippen LogP contribution is 2.26. The molecule has 2 aromatic rings. The predicted molar refractivity (Wildman–Crippen MR) is 73.0 cm³/mol. The molecule has 0 bridgehead atoms. The van der Waals surface area contributed by atoms with Gasteiger partial charge in [0.2, 0.25) is 0 Å². The van der Waals surface area contributed by atoms with E-state index in [4.69, 9.17) is 15.0 Å². The first-order valence-electron chi connectivity index (χ1n) is 6.09. The number of hydrogen-bond donors (Lipinski definition) is 2. The number of aromatic nitrogens is 2. The molecule has 1 amide bonds. The molecule has 7 heteroatoms. The van der Waals surface area contributed by atoms with Crippen molar-refractivity contribution in [3.63, 3.8) is 0 Å². The first kappa shape index (κ1) is 14.2. The number of aryl methyl sites for hydroxylation is 1. The van der Waals surface area contributed by atoms with Gasteiger partial charge in [0.1, 0.15) is 6.10 Å². The van der Waals surface area contributed by atoms with Crippen molar-refractivity contribution < 1.29 is 14.1 Å². The minimum Gasteiger partial charge on any atom is -0.370 e. The Morgan fingerprint density at radius 3 is 2.85 bits per heavy atom. The molecule has 1 heterocycles. The van der Waals surface area contributed by atoms with Crippen molar-refractivity contribution >= 4 is 11.6 Å². The van der Waals surface area contributed by atoms with Crippen LogP contribution < -0.4 is 11.1 Å². The fourth-order valence-corrected chi connectivity index (χ4v) is 1.71. The predicted octanol–water partition coefficient (Wildman–Crippen LogP) is 0.957. The summed E-state index contributed by atoms with van der Waals surface area (Å²) in [4.78, 5) is 16.1. The smallest absolute Gasteiger partial charge is 0.260 e. The number of methoxy groups -OCH3 is 1. The van der Waals surface area contributed by atoms with Gasteiger partial charge in [-0.3, -0.25) is 4.79 Å². The van der Waals surface area contributed by atoms with E-state index < -0.39 is 6.10 Å². The van der Waals surface area contributed by atoms with Crippen molar-refractivity contribution in [1.82, 2.24) is 10.1 Å². The third-order valence-corrected chi connectivity index (χ3v) is 2.73. The molecule has 0 saturated carbocycles. The van der Waals surface area contributed by atoms with E-state index in [9.17, 15) is 4.79 Å². The quantitative estimate of drug-likeness (QED) is 0.843. The highest BCUT2D eigenvalue weighted by atomic mass is 16.5. The van der Waals surface area contributed by atoms with Gasteiger partial charge in [-0.1, -0.05) is 17.3 Å². The molecule has 7 nitrogen and oxygen atoms in total. The molecule has 0 fully saturated rings. The number of rotatable bonds is 5. The molecule has 1 aromatic heterocycles. The van der Waals surface area contributed by atoms with Crippen molar-refractivity contribution in [2.45, 2.75) is 13.0 Å². The number of nitrogens with two attached hydrogens (primary N) is 1. The molecule has 2 rings (SSSR count). The lowest BCUT2D eigenvalue weighted by molar-refractivity contribution is -0.125. The Balaban J connectivity index is 2.27. The van der Waals surface area contributed by atoms with E-state index in [0.29, 0.717) is 23.0 Å². The monoisotopic (exact) mass is 276 g/mol. The normalized spacial score (nSPS) is 12.2. The number of carbonyl (C=O) groups excluding carboxylic acids is 1. The van der Waals surface area contributed by atoms with Crippen LogP contribution in [-0.4, -0.2) is 35.8 Å². The third-order valence-electron chi connectivity index (χ3n) is 2.73. The first-order chi connectivity index (χ1) is 9.65. The number of para-hydroxylation sites is 1. The molecule has 0 aliphatic heterocycles. The van der Waals surface area contributed by atoms with Gasteiger partial charge in [-0.25, -0.2) is 0 Å². The van der Waals surface area contributed by atoms with Crippen LogP contribution in [0.1, 0.15) is 5.82 Å². The molecule has 1 aromatic carbocycles. The van der Waals surface area contributed by atoms with E-state index in [1.807, 2.05) is 6.07 Å².